The van der Waals surface area contributed by atoms with Crippen LogP contribution >= 0.6 is 0 Å². The molecule has 1 aromatic carbocycles. The number of fused-ring (bicyclic) bond motifs is 2. The summed E-state index contributed by atoms with van der Waals surface area (Å²) in [6.45, 7) is 3.51. The number of rotatable bonds is 7. The lowest BCUT2D eigenvalue weighted by Gasteiger charge is -2.14. The highest BCUT2D eigenvalue weighted by Gasteiger charge is 2.17. The Balaban J connectivity index is 2.09. The van der Waals surface area contributed by atoms with Gasteiger partial charge in [-0.15, -0.1) is 0 Å². The molecule has 7 nitrogen and oxygen atoms in total. The summed E-state index contributed by atoms with van der Waals surface area (Å²) in [6, 6.07) is 7.89. The summed E-state index contributed by atoms with van der Waals surface area (Å²) in [5.74, 6) is -0.931. The Morgan fingerprint density at radius 2 is 2.08 bits per heavy atom. The number of hydrogen-bond acceptors (Lipinski definition) is 5. The van der Waals surface area contributed by atoms with Crippen molar-refractivity contribution in [2.45, 2.75) is 19.9 Å². The number of para-hydroxylation sites is 1. The van der Waals surface area contributed by atoms with Gasteiger partial charge in [0.15, 0.2) is 5.65 Å². The van der Waals surface area contributed by atoms with Crippen LogP contribution in [0.2, 0.25) is 0 Å². The molecule has 0 aliphatic heterocycles. The number of carboxylic acids is 1. The van der Waals surface area contributed by atoms with E-state index in [0.717, 1.165) is 47.2 Å². The molecule has 0 bridgehead atoms. The zero-order chi connectivity index (χ0) is 18.0. The van der Waals surface area contributed by atoms with Gasteiger partial charge < -0.3 is 15.3 Å². The quantitative estimate of drug-likeness (QED) is 0.642. The maximum absolute atomic E-state index is 11.1. The van der Waals surface area contributed by atoms with Crippen LogP contribution in [0.1, 0.15) is 12.1 Å². The minimum absolute atomic E-state index is 0.199. The molecule has 0 aliphatic carbocycles. The van der Waals surface area contributed by atoms with E-state index in [9.17, 15) is 4.79 Å². The number of pyridine rings is 1. The van der Waals surface area contributed by atoms with E-state index < -0.39 is 5.97 Å². The number of carboxylic acid groups (broad SMARTS) is 1. The van der Waals surface area contributed by atoms with Crippen LogP contribution in [0.25, 0.3) is 21.9 Å². The highest BCUT2D eigenvalue weighted by atomic mass is 16.4. The third-order valence-electron chi connectivity index (χ3n) is 4.12. The van der Waals surface area contributed by atoms with E-state index >= 15 is 0 Å². The van der Waals surface area contributed by atoms with Gasteiger partial charge in [-0.1, -0.05) is 18.2 Å². The van der Waals surface area contributed by atoms with Gasteiger partial charge in [-0.2, -0.15) is 5.10 Å². The number of hydrogen-bond donors (Lipinski definition) is 2. The molecule has 7 heteroatoms. The maximum atomic E-state index is 11.1. The summed E-state index contributed by atoms with van der Waals surface area (Å²) in [6.07, 6.45) is 1.01. The second-order valence-electron chi connectivity index (χ2n) is 6.42. The summed E-state index contributed by atoms with van der Waals surface area (Å²) in [5.41, 5.74) is 3.20. The minimum atomic E-state index is -0.931. The monoisotopic (exact) mass is 341 g/mol. The van der Waals surface area contributed by atoms with Crippen molar-refractivity contribution in [1.82, 2.24) is 19.7 Å². The number of nitrogens with one attached hydrogen (secondary N) is 1. The fraction of sp³-hybridized carbons (Fsp3) is 0.389. The van der Waals surface area contributed by atoms with Crippen molar-refractivity contribution in [1.29, 1.82) is 0 Å². The van der Waals surface area contributed by atoms with E-state index in [1.54, 1.807) is 0 Å². The van der Waals surface area contributed by atoms with Gasteiger partial charge in [0.05, 0.1) is 22.3 Å². The van der Waals surface area contributed by atoms with E-state index in [-0.39, 0.29) is 6.54 Å². The predicted molar refractivity (Wildman–Crippen MR) is 99.1 cm³/mol. The average Bonchev–Trinajstić information content (AvgIpc) is 2.85. The van der Waals surface area contributed by atoms with E-state index in [0.29, 0.717) is 5.65 Å². The van der Waals surface area contributed by atoms with Crippen molar-refractivity contribution >= 4 is 33.6 Å². The van der Waals surface area contributed by atoms with Gasteiger partial charge in [0.25, 0.3) is 0 Å². The zero-order valence-corrected chi connectivity index (χ0v) is 14.8. The number of carbonyl (C=O) groups is 1. The Kier molecular flexibility index (Phi) is 4.85. The Labute approximate surface area is 146 Å². The molecule has 0 fully saturated rings. The number of nitrogens with zero attached hydrogens (tertiary/aromatic N) is 4. The minimum Gasteiger partial charge on any atom is -0.480 e. The Morgan fingerprint density at radius 3 is 2.80 bits per heavy atom. The molecule has 0 saturated carbocycles. The Bertz CT molecular complexity index is 917. The first kappa shape index (κ1) is 17.2. The summed E-state index contributed by atoms with van der Waals surface area (Å²) in [5, 5.41) is 19.0. The first-order valence-electron chi connectivity index (χ1n) is 8.33. The van der Waals surface area contributed by atoms with Gasteiger partial charge in [-0.05, 0) is 40.1 Å². The van der Waals surface area contributed by atoms with E-state index in [4.69, 9.17) is 5.11 Å². The molecule has 0 saturated heterocycles. The van der Waals surface area contributed by atoms with Crippen LogP contribution in [-0.2, 0) is 11.3 Å². The lowest BCUT2D eigenvalue weighted by molar-refractivity contribution is -0.137. The topological polar surface area (TPSA) is 83.3 Å². The molecule has 0 radical (unpaired) electrons. The number of aryl methyl sites for hydroxylation is 1. The molecule has 2 heterocycles. The summed E-state index contributed by atoms with van der Waals surface area (Å²) in [4.78, 5) is 17.9. The van der Waals surface area contributed by atoms with Crippen molar-refractivity contribution in [2.75, 3.05) is 32.5 Å². The first-order valence-corrected chi connectivity index (χ1v) is 8.33. The highest BCUT2D eigenvalue weighted by Crippen LogP contribution is 2.32. The standard InChI is InChI=1S/C18H23N5O2/c1-12-16-17(19-9-6-10-22(2)3)13-7-4-5-8-14(13)20-18(16)23(21-12)11-15(24)25/h4-5,7-8H,6,9-11H2,1-3H3,(H,19,20)(H,24,25). The molecule has 0 unspecified atom stereocenters. The third-order valence-corrected chi connectivity index (χ3v) is 4.12. The van der Waals surface area contributed by atoms with Crippen LogP contribution < -0.4 is 5.32 Å². The molecular formula is C18H23N5O2. The molecule has 0 atom stereocenters. The van der Waals surface area contributed by atoms with Crippen molar-refractivity contribution in [3.63, 3.8) is 0 Å². The van der Waals surface area contributed by atoms with Crippen LogP contribution in [0.5, 0.6) is 0 Å². The van der Waals surface area contributed by atoms with Crippen molar-refractivity contribution in [3.8, 4) is 0 Å². The molecule has 0 spiro atoms. The predicted octanol–water partition coefficient (Wildman–Crippen LogP) is 2.34. The molecule has 3 rings (SSSR count). The van der Waals surface area contributed by atoms with Crippen molar-refractivity contribution in [3.05, 3.63) is 30.0 Å². The highest BCUT2D eigenvalue weighted by molar-refractivity contribution is 6.07. The van der Waals surface area contributed by atoms with E-state index in [1.807, 2.05) is 31.2 Å². The van der Waals surface area contributed by atoms with E-state index in [1.165, 1.54) is 4.68 Å². The van der Waals surface area contributed by atoms with Crippen LogP contribution in [-0.4, -0.2) is 57.9 Å². The van der Waals surface area contributed by atoms with Crippen LogP contribution in [0.4, 0.5) is 5.69 Å². The second-order valence-corrected chi connectivity index (χ2v) is 6.42. The average molecular weight is 341 g/mol. The number of aliphatic carboxylic acids is 1. The van der Waals surface area contributed by atoms with Gasteiger partial charge in [-0.3, -0.25) is 4.79 Å². The molecule has 25 heavy (non-hydrogen) atoms. The van der Waals surface area contributed by atoms with Gasteiger partial charge >= 0.3 is 5.97 Å². The van der Waals surface area contributed by atoms with Gasteiger partial charge in [0, 0.05) is 11.9 Å². The first-order chi connectivity index (χ1) is 12.0. The van der Waals surface area contributed by atoms with Crippen molar-refractivity contribution in [2.24, 2.45) is 0 Å². The third kappa shape index (κ3) is 3.56. The SMILES string of the molecule is Cc1nn(CC(=O)O)c2nc3ccccc3c(NCCCN(C)C)c12. The lowest BCUT2D eigenvalue weighted by Crippen LogP contribution is -2.16. The smallest absolute Gasteiger partial charge is 0.325 e. The molecule has 132 valence electrons. The van der Waals surface area contributed by atoms with Gasteiger partial charge in [0.2, 0.25) is 0 Å². The molecule has 2 aromatic heterocycles. The summed E-state index contributed by atoms with van der Waals surface area (Å²) < 4.78 is 1.46. The largest absolute Gasteiger partial charge is 0.480 e. The molecule has 3 aromatic rings. The number of aromatic nitrogens is 3. The lowest BCUT2D eigenvalue weighted by atomic mass is 10.1. The molecule has 2 N–H and O–H groups in total. The zero-order valence-electron chi connectivity index (χ0n) is 14.8. The van der Waals surface area contributed by atoms with Crippen molar-refractivity contribution < 1.29 is 9.90 Å². The fourth-order valence-corrected chi connectivity index (χ4v) is 3.04. The number of benzene rings is 1. The van der Waals surface area contributed by atoms with Crippen LogP contribution in [0.15, 0.2) is 24.3 Å². The summed E-state index contributed by atoms with van der Waals surface area (Å²) in [7, 11) is 4.11. The molecule has 0 aliphatic rings. The van der Waals surface area contributed by atoms with Gasteiger partial charge in [-0.25, -0.2) is 9.67 Å². The normalized spacial score (nSPS) is 11.5. The summed E-state index contributed by atoms with van der Waals surface area (Å²) >= 11 is 0. The molecular weight excluding hydrogens is 318 g/mol. The second kappa shape index (κ2) is 7.06. The van der Waals surface area contributed by atoms with Gasteiger partial charge in [0.1, 0.15) is 6.54 Å². The fourth-order valence-electron chi connectivity index (χ4n) is 3.04. The Morgan fingerprint density at radius 1 is 1.32 bits per heavy atom. The van der Waals surface area contributed by atoms with E-state index in [2.05, 4.69) is 34.4 Å². The van der Waals surface area contributed by atoms with Crippen LogP contribution in [0, 0.1) is 6.92 Å². The Hall–Kier alpha value is -2.67. The number of anilines is 1. The maximum Gasteiger partial charge on any atom is 0.325 e. The van der Waals surface area contributed by atoms with Crippen LogP contribution in [0.3, 0.4) is 0 Å². The molecule has 0 amide bonds.